The standard InChI is InChI=1S/C56H59N9O7S/c1-33(63-26-28-64(29-27-63)36-14-19-42-46(30-36)62(3)61-51(42)43-21-23-50(66)59-54(43)68)32-71-37-15-17-38(18-16-37)72-47-12-7-9-39(34(47)2)40-20-22-49(58-52(40)55(69)70)65-25-24-35-8-6-10-41(44(35)31-65)53(67)60-56-57-45-11-4-5-13-48(45)73-56/h4-14,19-20,22,30,33,37-38,43H,15-18,21,23-29,31-32H2,1-3H3,(H,69,70)(H,57,60,67)(H,59,66,68)/t33-,37?,38?,43-/m0/s1. The summed E-state index contributed by atoms with van der Waals surface area (Å²) in [6.07, 6.45) is 5.17. The van der Waals surface area contributed by atoms with E-state index in [0.717, 1.165) is 112 Å². The number of carbonyl (C=O) groups is 4. The number of pyridine rings is 1. The van der Waals surface area contributed by atoms with Crippen LogP contribution in [0.1, 0.15) is 94.6 Å². The number of para-hydroxylation sites is 1. The number of aryl methyl sites for hydroxylation is 1. The van der Waals surface area contributed by atoms with Gasteiger partial charge in [0.15, 0.2) is 10.8 Å². The molecule has 0 radical (unpaired) electrons. The smallest absolute Gasteiger partial charge is 0.355 e. The van der Waals surface area contributed by atoms with Gasteiger partial charge in [-0.3, -0.25) is 34.6 Å². The van der Waals surface area contributed by atoms with E-state index in [4.69, 9.17) is 19.6 Å². The molecule has 4 aliphatic rings. The number of carbonyl (C=O) groups excluding carboxylic acids is 3. The molecule has 11 rings (SSSR count). The van der Waals surface area contributed by atoms with Crippen LogP contribution < -0.4 is 25.2 Å². The number of ether oxygens (including phenoxy) is 2. The van der Waals surface area contributed by atoms with E-state index in [1.807, 2.05) is 96.3 Å². The lowest BCUT2D eigenvalue weighted by molar-refractivity contribution is -0.134. The number of anilines is 3. The molecule has 3 amide bonds. The molecular formula is C56H59N9O7S. The maximum Gasteiger partial charge on any atom is 0.355 e. The van der Waals surface area contributed by atoms with Crippen LogP contribution in [0, 0.1) is 6.92 Å². The number of nitrogens with one attached hydrogen (secondary N) is 2. The molecule has 3 N–H and O–H groups in total. The highest BCUT2D eigenvalue weighted by atomic mass is 32.1. The third kappa shape index (κ3) is 9.88. The predicted molar refractivity (Wildman–Crippen MR) is 282 cm³/mol. The molecule has 4 aromatic carbocycles. The Balaban J connectivity index is 0.672. The summed E-state index contributed by atoms with van der Waals surface area (Å²) in [7, 11) is 1.91. The van der Waals surface area contributed by atoms with Gasteiger partial charge in [-0.1, -0.05) is 47.7 Å². The van der Waals surface area contributed by atoms with E-state index < -0.39 is 11.9 Å². The first kappa shape index (κ1) is 48.1. The SMILES string of the molecule is Cc1c(OC2CCC(OC[C@H](C)N3CCN(c4ccc5c([C@@H]6CCC(=O)NC6=O)nn(C)c5c4)CC3)CC2)cccc1-c1ccc(N2CCc3cccc(C(=O)Nc4nc5ccccc5s4)c3C2)nc1C(=O)O. The molecule has 3 aromatic heterocycles. The number of aromatic carboxylic acids is 1. The van der Waals surface area contributed by atoms with Crippen molar-refractivity contribution in [3.05, 3.63) is 125 Å². The first-order chi connectivity index (χ1) is 35.4. The van der Waals surface area contributed by atoms with Gasteiger partial charge in [0.05, 0.1) is 46.2 Å². The van der Waals surface area contributed by atoms with Gasteiger partial charge in [-0.15, -0.1) is 0 Å². The molecule has 1 aliphatic carbocycles. The van der Waals surface area contributed by atoms with Crippen molar-refractivity contribution in [2.24, 2.45) is 7.05 Å². The number of piperidine rings is 1. The van der Waals surface area contributed by atoms with Crippen LogP contribution in [-0.4, -0.2) is 111 Å². The van der Waals surface area contributed by atoms with Crippen molar-refractivity contribution in [3.8, 4) is 16.9 Å². The Morgan fingerprint density at radius 1 is 0.849 bits per heavy atom. The first-order valence-electron chi connectivity index (χ1n) is 25.4. The van der Waals surface area contributed by atoms with E-state index in [1.54, 1.807) is 0 Å². The number of thiazole rings is 1. The Bertz CT molecular complexity index is 3230. The molecule has 7 aromatic rings. The van der Waals surface area contributed by atoms with Gasteiger partial charge < -0.3 is 24.4 Å². The number of imide groups is 1. The second-order valence-corrected chi connectivity index (χ2v) is 20.8. The van der Waals surface area contributed by atoms with Crippen molar-refractivity contribution in [3.63, 3.8) is 0 Å². The minimum Gasteiger partial charge on any atom is -0.490 e. The van der Waals surface area contributed by atoms with Crippen LogP contribution in [0.4, 0.5) is 16.6 Å². The number of carboxylic acid groups (broad SMARTS) is 1. The summed E-state index contributed by atoms with van der Waals surface area (Å²) in [5.41, 5.74) is 8.30. The Labute approximate surface area is 427 Å². The highest BCUT2D eigenvalue weighted by Gasteiger charge is 2.33. The lowest BCUT2D eigenvalue weighted by atomic mass is 9.93. The molecule has 3 fully saturated rings. The molecule has 73 heavy (non-hydrogen) atoms. The van der Waals surface area contributed by atoms with Gasteiger partial charge in [0.2, 0.25) is 11.8 Å². The molecule has 0 spiro atoms. The number of hydrogen-bond acceptors (Lipinski definition) is 13. The zero-order valence-corrected chi connectivity index (χ0v) is 42.1. The van der Waals surface area contributed by atoms with Crippen LogP contribution in [0.3, 0.4) is 0 Å². The maximum absolute atomic E-state index is 13.7. The molecule has 0 unspecified atom stereocenters. The van der Waals surface area contributed by atoms with Gasteiger partial charge in [-0.2, -0.15) is 5.10 Å². The summed E-state index contributed by atoms with van der Waals surface area (Å²) >= 11 is 1.43. The van der Waals surface area contributed by atoms with Crippen molar-refractivity contribution in [1.29, 1.82) is 0 Å². The van der Waals surface area contributed by atoms with Crippen molar-refractivity contribution in [1.82, 2.24) is 30.0 Å². The fourth-order valence-corrected chi connectivity index (χ4v) is 12.0. The molecule has 2 atom stereocenters. The number of rotatable bonds is 13. The number of hydrogen-bond donors (Lipinski definition) is 3. The van der Waals surface area contributed by atoms with Crippen LogP contribution in [0.2, 0.25) is 0 Å². The third-order valence-electron chi connectivity index (χ3n) is 15.2. The fourth-order valence-electron chi connectivity index (χ4n) is 11.1. The Hall–Kier alpha value is -7.21. The quantitative estimate of drug-likeness (QED) is 0.0936. The van der Waals surface area contributed by atoms with Crippen molar-refractivity contribution in [2.75, 3.05) is 54.4 Å². The minimum atomic E-state index is -1.12. The number of amides is 3. The minimum absolute atomic E-state index is 0.0171. The lowest BCUT2D eigenvalue weighted by Gasteiger charge is -2.39. The van der Waals surface area contributed by atoms with Crippen molar-refractivity contribution in [2.45, 2.75) is 89.5 Å². The molecule has 2 saturated heterocycles. The molecule has 6 heterocycles. The van der Waals surface area contributed by atoms with E-state index in [0.29, 0.717) is 61.0 Å². The van der Waals surface area contributed by atoms with E-state index in [2.05, 4.69) is 50.5 Å². The van der Waals surface area contributed by atoms with Crippen LogP contribution in [0.25, 0.3) is 32.2 Å². The monoisotopic (exact) mass is 1000 g/mol. The number of aromatic nitrogens is 4. The Morgan fingerprint density at radius 3 is 2.44 bits per heavy atom. The van der Waals surface area contributed by atoms with Crippen LogP contribution in [-0.2, 0) is 34.3 Å². The maximum atomic E-state index is 13.7. The van der Waals surface area contributed by atoms with Crippen LogP contribution >= 0.6 is 11.3 Å². The topological polar surface area (TPSA) is 184 Å². The number of fused-ring (bicyclic) bond motifs is 3. The third-order valence-corrected chi connectivity index (χ3v) is 16.2. The summed E-state index contributed by atoms with van der Waals surface area (Å²) in [6.45, 7) is 9.54. The summed E-state index contributed by atoms with van der Waals surface area (Å²) in [4.78, 5) is 67.2. The van der Waals surface area contributed by atoms with Crippen molar-refractivity contribution < 1.29 is 33.8 Å². The normalized spacial score (nSPS) is 20.0. The zero-order valence-electron chi connectivity index (χ0n) is 41.3. The Morgan fingerprint density at radius 2 is 1.64 bits per heavy atom. The number of nitrogens with zero attached hydrogens (tertiary/aromatic N) is 7. The van der Waals surface area contributed by atoms with E-state index in [-0.39, 0.29) is 41.7 Å². The molecule has 1 saturated carbocycles. The van der Waals surface area contributed by atoms with E-state index >= 15 is 0 Å². The number of benzene rings is 4. The average molecular weight is 1000 g/mol. The van der Waals surface area contributed by atoms with Crippen LogP contribution in [0.15, 0.2) is 91.0 Å². The second-order valence-electron chi connectivity index (χ2n) is 19.8. The van der Waals surface area contributed by atoms with Gasteiger partial charge in [0, 0.05) is 81.0 Å². The largest absolute Gasteiger partial charge is 0.490 e. The van der Waals surface area contributed by atoms with Gasteiger partial charge in [0.25, 0.3) is 5.91 Å². The summed E-state index contributed by atoms with van der Waals surface area (Å²) in [5, 5.41) is 22.2. The summed E-state index contributed by atoms with van der Waals surface area (Å²) in [5.74, 6) is -1.00. The van der Waals surface area contributed by atoms with Gasteiger partial charge in [-0.25, -0.2) is 14.8 Å². The highest BCUT2D eigenvalue weighted by molar-refractivity contribution is 7.22. The molecule has 16 nitrogen and oxygen atoms in total. The predicted octanol–water partition coefficient (Wildman–Crippen LogP) is 8.50. The number of piperazine rings is 1. The average Bonchev–Trinajstić information content (AvgIpc) is 3.97. The second kappa shape index (κ2) is 20.4. The molecule has 376 valence electrons. The van der Waals surface area contributed by atoms with Crippen LogP contribution in [0.5, 0.6) is 5.75 Å². The summed E-state index contributed by atoms with van der Waals surface area (Å²) < 4.78 is 16.0. The molecule has 3 aliphatic heterocycles. The highest BCUT2D eigenvalue weighted by Crippen LogP contribution is 2.37. The van der Waals surface area contributed by atoms with Gasteiger partial charge >= 0.3 is 5.97 Å². The zero-order chi connectivity index (χ0) is 50.3. The van der Waals surface area contributed by atoms with E-state index in [1.165, 1.54) is 11.3 Å². The van der Waals surface area contributed by atoms with E-state index in [9.17, 15) is 24.3 Å². The fraction of sp³-hybridized carbons (Fsp3) is 0.375. The van der Waals surface area contributed by atoms with Gasteiger partial charge in [0.1, 0.15) is 11.6 Å². The molecule has 17 heteroatoms. The number of carboxylic acids is 1. The lowest BCUT2D eigenvalue weighted by Crippen LogP contribution is -2.51. The molecular weight excluding hydrogens is 943 g/mol. The summed E-state index contributed by atoms with van der Waals surface area (Å²) in [6, 6.07) is 29.7. The molecule has 0 bridgehead atoms. The first-order valence-corrected chi connectivity index (χ1v) is 26.2. The van der Waals surface area contributed by atoms with Gasteiger partial charge in [-0.05, 0) is 129 Å². The Kier molecular flexibility index (Phi) is 13.4. The van der Waals surface area contributed by atoms with Crippen molar-refractivity contribution >= 4 is 72.8 Å².